The second kappa shape index (κ2) is 3.97. The Kier molecular flexibility index (Phi) is 2.89. The highest BCUT2D eigenvalue weighted by Gasteiger charge is 2.26. The van der Waals surface area contributed by atoms with Gasteiger partial charge in [-0.3, -0.25) is 0 Å². The summed E-state index contributed by atoms with van der Waals surface area (Å²) in [7, 11) is 2.26. The molecule has 0 bridgehead atoms. The zero-order valence-corrected chi connectivity index (χ0v) is 8.92. The van der Waals surface area contributed by atoms with Gasteiger partial charge >= 0.3 is 0 Å². The predicted octanol–water partition coefficient (Wildman–Crippen LogP) is 1.47. The highest BCUT2D eigenvalue weighted by Crippen LogP contribution is 2.29. The van der Waals surface area contributed by atoms with E-state index in [9.17, 15) is 0 Å². The van der Waals surface area contributed by atoms with E-state index in [2.05, 4.69) is 24.2 Å². The van der Waals surface area contributed by atoms with Crippen LogP contribution in [0.2, 0.25) is 0 Å². The maximum Gasteiger partial charge on any atom is 0.0189 e. The van der Waals surface area contributed by atoms with Crippen molar-refractivity contribution in [1.82, 2.24) is 10.2 Å². The van der Waals surface area contributed by atoms with Crippen molar-refractivity contribution in [2.75, 3.05) is 20.1 Å². The van der Waals surface area contributed by atoms with Crippen LogP contribution in [0.15, 0.2) is 0 Å². The summed E-state index contributed by atoms with van der Waals surface area (Å²) in [6, 6.07) is 1.57. The molecule has 0 amide bonds. The first-order valence-electron chi connectivity index (χ1n) is 5.69. The molecular weight excluding hydrogens is 160 g/mol. The zero-order chi connectivity index (χ0) is 9.26. The topological polar surface area (TPSA) is 15.3 Å². The van der Waals surface area contributed by atoms with Gasteiger partial charge in [-0.1, -0.05) is 0 Å². The third kappa shape index (κ3) is 3.28. The Bertz CT molecular complexity index is 161. The highest BCUT2D eigenvalue weighted by atomic mass is 15.2. The first-order chi connectivity index (χ1) is 6.25. The monoisotopic (exact) mass is 182 g/mol. The second-order valence-electron chi connectivity index (χ2n) is 4.91. The molecule has 1 N–H and O–H groups in total. The molecule has 2 aliphatic rings. The number of hydrogen-bond acceptors (Lipinski definition) is 2. The van der Waals surface area contributed by atoms with Crippen molar-refractivity contribution in [1.29, 1.82) is 0 Å². The van der Waals surface area contributed by atoms with Crippen LogP contribution in [0.5, 0.6) is 0 Å². The fourth-order valence-corrected chi connectivity index (χ4v) is 1.67. The average Bonchev–Trinajstić information content (AvgIpc) is 2.94. The summed E-state index contributed by atoms with van der Waals surface area (Å²) in [5.74, 6) is 1.02. The Balaban J connectivity index is 1.58. The average molecular weight is 182 g/mol. The SMILES string of the molecule is CC(CNC1CC1)N(C)CC1CC1. The quantitative estimate of drug-likeness (QED) is 0.669. The van der Waals surface area contributed by atoms with Crippen LogP contribution in [-0.2, 0) is 0 Å². The van der Waals surface area contributed by atoms with Gasteiger partial charge in [0.25, 0.3) is 0 Å². The summed E-state index contributed by atoms with van der Waals surface area (Å²) in [4.78, 5) is 2.51. The molecule has 0 aliphatic heterocycles. The van der Waals surface area contributed by atoms with Crippen molar-refractivity contribution in [3.63, 3.8) is 0 Å². The van der Waals surface area contributed by atoms with Crippen LogP contribution in [0.25, 0.3) is 0 Å². The molecule has 2 saturated carbocycles. The normalized spacial score (nSPS) is 25.2. The lowest BCUT2D eigenvalue weighted by molar-refractivity contribution is 0.241. The molecule has 2 rings (SSSR count). The van der Waals surface area contributed by atoms with E-state index in [0.29, 0.717) is 6.04 Å². The van der Waals surface area contributed by atoms with E-state index in [4.69, 9.17) is 0 Å². The lowest BCUT2D eigenvalue weighted by Gasteiger charge is -2.24. The number of nitrogens with one attached hydrogen (secondary N) is 1. The molecule has 76 valence electrons. The number of rotatable bonds is 6. The summed E-state index contributed by atoms with van der Waals surface area (Å²) >= 11 is 0. The van der Waals surface area contributed by atoms with Gasteiger partial charge < -0.3 is 10.2 Å². The minimum Gasteiger partial charge on any atom is -0.312 e. The van der Waals surface area contributed by atoms with Gasteiger partial charge in [0.05, 0.1) is 0 Å². The molecule has 0 aromatic heterocycles. The predicted molar refractivity (Wildman–Crippen MR) is 55.8 cm³/mol. The van der Waals surface area contributed by atoms with Gasteiger partial charge in [0.1, 0.15) is 0 Å². The minimum atomic E-state index is 0.709. The van der Waals surface area contributed by atoms with Crippen LogP contribution in [0, 0.1) is 5.92 Å². The standard InChI is InChI=1S/C11H22N2/c1-9(7-12-11-5-6-11)13(2)8-10-3-4-10/h9-12H,3-8H2,1-2H3. The van der Waals surface area contributed by atoms with E-state index in [0.717, 1.165) is 12.0 Å². The number of nitrogens with zero attached hydrogens (tertiary/aromatic N) is 1. The third-order valence-electron chi connectivity index (χ3n) is 3.27. The first kappa shape index (κ1) is 9.47. The van der Waals surface area contributed by atoms with Crippen molar-refractivity contribution in [2.24, 2.45) is 5.92 Å². The summed E-state index contributed by atoms with van der Waals surface area (Å²) in [5.41, 5.74) is 0. The molecular formula is C11H22N2. The fourth-order valence-electron chi connectivity index (χ4n) is 1.67. The van der Waals surface area contributed by atoms with E-state index in [1.807, 2.05) is 0 Å². The molecule has 2 heteroatoms. The molecule has 2 fully saturated rings. The Labute approximate surface area is 81.7 Å². The van der Waals surface area contributed by atoms with E-state index in [-0.39, 0.29) is 0 Å². The lowest BCUT2D eigenvalue weighted by atomic mass is 10.2. The molecule has 0 spiro atoms. The largest absolute Gasteiger partial charge is 0.312 e. The maximum atomic E-state index is 3.59. The Morgan fingerprint density at radius 2 is 2.00 bits per heavy atom. The summed E-state index contributed by atoms with van der Waals surface area (Å²) in [6.07, 6.45) is 5.73. The first-order valence-corrected chi connectivity index (χ1v) is 5.69. The Hall–Kier alpha value is -0.0800. The fraction of sp³-hybridized carbons (Fsp3) is 1.00. The Morgan fingerprint density at radius 3 is 2.54 bits per heavy atom. The second-order valence-corrected chi connectivity index (χ2v) is 4.91. The van der Waals surface area contributed by atoms with Gasteiger partial charge in [0.2, 0.25) is 0 Å². The van der Waals surface area contributed by atoms with Gasteiger partial charge in [-0.15, -0.1) is 0 Å². The van der Waals surface area contributed by atoms with Gasteiger partial charge in [0.15, 0.2) is 0 Å². The summed E-state index contributed by atoms with van der Waals surface area (Å²) in [6.45, 7) is 4.82. The van der Waals surface area contributed by atoms with Crippen LogP contribution in [0.4, 0.5) is 0 Å². The summed E-state index contributed by atoms with van der Waals surface area (Å²) in [5, 5.41) is 3.59. The minimum absolute atomic E-state index is 0.709. The maximum absolute atomic E-state index is 3.59. The molecule has 2 nitrogen and oxygen atoms in total. The molecule has 0 aromatic carbocycles. The molecule has 2 aliphatic carbocycles. The molecule has 1 unspecified atom stereocenters. The molecule has 0 aromatic rings. The van der Waals surface area contributed by atoms with E-state index >= 15 is 0 Å². The van der Waals surface area contributed by atoms with E-state index in [1.165, 1.54) is 38.8 Å². The highest BCUT2D eigenvalue weighted by molar-refractivity contribution is 4.84. The summed E-state index contributed by atoms with van der Waals surface area (Å²) < 4.78 is 0. The van der Waals surface area contributed by atoms with Crippen LogP contribution in [0.3, 0.4) is 0 Å². The lowest BCUT2D eigenvalue weighted by Crippen LogP contribution is -2.39. The molecule has 0 saturated heterocycles. The number of hydrogen-bond donors (Lipinski definition) is 1. The third-order valence-corrected chi connectivity index (χ3v) is 3.27. The van der Waals surface area contributed by atoms with Gasteiger partial charge in [0, 0.05) is 25.2 Å². The van der Waals surface area contributed by atoms with Gasteiger partial charge in [-0.25, -0.2) is 0 Å². The molecule has 1 atom stereocenters. The van der Waals surface area contributed by atoms with Crippen molar-refractivity contribution in [3.8, 4) is 0 Å². The van der Waals surface area contributed by atoms with Crippen molar-refractivity contribution in [3.05, 3.63) is 0 Å². The van der Waals surface area contributed by atoms with Crippen molar-refractivity contribution < 1.29 is 0 Å². The molecule has 13 heavy (non-hydrogen) atoms. The smallest absolute Gasteiger partial charge is 0.0189 e. The Morgan fingerprint density at radius 1 is 1.31 bits per heavy atom. The van der Waals surface area contributed by atoms with Crippen LogP contribution < -0.4 is 5.32 Å². The van der Waals surface area contributed by atoms with E-state index < -0.39 is 0 Å². The molecule has 0 radical (unpaired) electrons. The zero-order valence-electron chi connectivity index (χ0n) is 8.92. The number of likely N-dealkylation sites (N-methyl/N-ethyl adjacent to an activating group) is 1. The van der Waals surface area contributed by atoms with Crippen molar-refractivity contribution >= 4 is 0 Å². The van der Waals surface area contributed by atoms with Crippen LogP contribution in [-0.4, -0.2) is 37.1 Å². The van der Waals surface area contributed by atoms with Crippen LogP contribution in [0.1, 0.15) is 32.6 Å². The van der Waals surface area contributed by atoms with E-state index in [1.54, 1.807) is 0 Å². The molecule has 0 heterocycles. The van der Waals surface area contributed by atoms with Gasteiger partial charge in [-0.2, -0.15) is 0 Å². The van der Waals surface area contributed by atoms with Crippen molar-refractivity contribution in [2.45, 2.75) is 44.7 Å². The van der Waals surface area contributed by atoms with Crippen LogP contribution >= 0.6 is 0 Å². The van der Waals surface area contributed by atoms with Gasteiger partial charge in [-0.05, 0) is 45.6 Å².